The summed E-state index contributed by atoms with van der Waals surface area (Å²) in [5.41, 5.74) is 1.88. The molecule has 0 radical (unpaired) electrons. The Bertz CT molecular complexity index is 600. The minimum Gasteiger partial charge on any atom is -0.353 e. The monoisotopic (exact) mass is 337 g/mol. The van der Waals surface area contributed by atoms with Gasteiger partial charge in [-0.1, -0.05) is 55.5 Å². The SMILES string of the molecule is Cc1ccc(CS(=O)(=O)CCC(=O)NC2CCCCCC2)cc1. The molecule has 0 spiro atoms. The fourth-order valence-electron chi connectivity index (χ4n) is 2.98. The van der Waals surface area contributed by atoms with Crippen molar-refractivity contribution in [3.05, 3.63) is 35.4 Å². The van der Waals surface area contributed by atoms with Gasteiger partial charge in [-0.25, -0.2) is 8.42 Å². The lowest BCUT2D eigenvalue weighted by Gasteiger charge is -2.16. The third kappa shape index (κ3) is 6.73. The molecular weight excluding hydrogens is 310 g/mol. The summed E-state index contributed by atoms with van der Waals surface area (Å²) in [5, 5.41) is 3.00. The van der Waals surface area contributed by atoms with Gasteiger partial charge in [-0.3, -0.25) is 4.79 Å². The molecule has 1 aromatic carbocycles. The van der Waals surface area contributed by atoms with Crippen LogP contribution < -0.4 is 5.32 Å². The van der Waals surface area contributed by atoms with Gasteiger partial charge in [-0.05, 0) is 25.3 Å². The predicted octanol–water partition coefficient (Wildman–Crippen LogP) is 3.14. The number of sulfone groups is 1. The van der Waals surface area contributed by atoms with Crippen LogP contribution in [-0.2, 0) is 20.4 Å². The number of benzene rings is 1. The van der Waals surface area contributed by atoms with Crippen LogP contribution in [0.4, 0.5) is 0 Å². The summed E-state index contributed by atoms with van der Waals surface area (Å²) < 4.78 is 24.3. The number of rotatable bonds is 6. The lowest BCUT2D eigenvalue weighted by Crippen LogP contribution is -2.35. The summed E-state index contributed by atoms with van der Waals surface area (Å²) in [4.78, 5) is 12.0. The van der Waals surface area contributed by atoms with Crippen LogP contribution in [-0.4, -0.2) is 26.1 Å². The van der Waals surface area contributed by atoms with Gasteiger partial charge in [0.2, 0.25) is 5.91 Å². The van der Waals surface area contributed by atoms with Crippen LogP contribution in [0.2, 0.25) is 0 Å². The van der Waals surface area contributed by atoms with Gasteiger partial charge in [0.25, 0.3) is 0 Å². The zero-order valence-corrected chi connectivity index (χ0v) is 14.7. The molecule has 4 nitrogen and oxygen atoms in total. The highest BCUT2D eigenvalue weighted by atomic mass is 32.2. The van der Waals surface area contributed by atoms with E-state index in [9.17, 15) is 13.2 Å². The summed E-state index contributed by atoms with van der Waals surface area (Å²) in [7, 11) is -3.25. The van der Waals surface area contributed by atoms with Gasteiger partial charge in [-0.2, -0.15) is 0 Å². The first-order chi connectivity index (χ1) is 10.9. The van der Waals surface area contributed by atoms with Crippen LogP contribution in [0.3, 0.4) is 0 Å². The van der Waals surface area contributed by atoms with Crippen molar-refractivity contribution in [2.24, 2.45) is 0 Å². The molecule has 0 atom stereocenters. The first kappa shape index (κ1) is 18.0. The maximum absolute atomic E-state index is 12.2. The Morgan fingerprint density at radius 3 is 2.30 bits per heavy atom. The number of hydrogen-bond donors (Lipinski definition) is 1. The molecule has 1 N–H and O–H groups in total. The fourth-order valence-corrected chi connectivity index (χ4v) is 4.32. The lowest BCUT2D eigenvalue weighted by atomic mass is 10.1. The van der Waals surface area contributed by atoms with Crippen LogP contribution in [0, 0.1) is 6.92 Å². The third-order valence-corrected chi connectivity index (χ3v) is 5.97. The summed E-state index contributed by atoms with van der Waals surface area (Å²) in [5.74, 6) is -0.215. The molecular formula is C18H27NO3S. The second-order valence-electron chi connectivity index (χ2n) is 6.58. The summed E-state index contributed by atoms with van der Waals surface area (Å²) in [6.07, 6.45) is 6.86. The quantitative estimate of drug-likeness (QED) is 0.811. The Labute approximate surface area is 139 Å². The van der Waals surface area contributed by atoms with Crippen LogP contribution >= 0.6 is 0 Å². The number of nitrogens with one attached hydrogen (secondary N) is 1. The van der Waals surface area contributed by atoms with Crippen LogP contribution in [0.1, 0.15) is 56.1 Å². The molecule has 1 aromatic rings. The van der Waals surface area contributed by atoms with E-state index in [1.807, 2.05) is 31.2 Å². The number of hydrogen-bond acceptors (Lipinski definition) is 3. The highest BCUT2D eigenvalue weighted by Gasteiger charge is 2.18. The Balaban J connectivity index is 1.78. The van der Waals surface area contributed by atoms with E-state index in [1.165, 1.54) is 12.8 Å². The van der Waals surface area contributed by atoms with E-state index in [0.717, 1.165) is 36.8 Å². The van der Waals surface area contributed by atoms with Gasteiger partial charge >= 0.3 is 0 Å². The molecule has 5 heteroatoms. The van der Waals surface area contributed by atoms with Gasteiger partial charge in [0, 0.05) is 12.5 Å². The van der Waals surface area contributed by atoms with Crippen LogP contribution in [0.15, 0.2) is 24.3 Å². The van der Waals surface area contributed by atoms with Gasteiger partial charge < -0.3 is 5.32 Å². The molecule has 0 heterocycles. The van der Waals surface area contributed by atoms with Gasteiger partial charge in [0.1, 0.15) is 0 Å². The van der Waals surface area contributed by atoms with Gasteiger partial charge in [0.05, 0.1) is 11.5 Å². The third-order valence-electron chi connectivity index (χ3n) is 4.37. The van der Waals surface area contributed by atoms with E-state index in [-0.39, 0.29) is 29.9 Å². The largest absolute Gasteiger partial charge is 0.353 e. The van der Waals surface area contributed by atoms with E-state index >= 15 is 0 Å². The standard InChI is InChI=1S/C18H27NO3S/c1-15-8-10-16(11-9-15)14-23(21,22)13-12-18(20)19-17-6-4-2-3-5-7-17/h8-11,17H,2-7,12-14H2,1H3,(H,19,20). The number of carbonyl (C=O) groups excluding carboxylic acids is 1. The first-order valence-electron chi connectivity index (χ1n) is 8.50. The first-order valence-corrected chi connectivity index (χ1v) is 10.3. The minimum atomic E-state index is -3.25. The molecule has 0 saturated heterocycles. The average molecular weight is 337 g/mol. The number of aryl methyl sites for hydroxylation is 1. The van der Waals surface area contributed by atoms with E-state index in [1.54, 1.807) is 0 Å². The summed E-state index contributed by atoms with van der Waals surface area (Å²) in [6, 6.07) is 7.70. The van der Waals surface area contributed by atoms with Gasteiger partial charge in [0.15, 0.2) is 9.84 Å². The van der Waals surface area contributed by atoms with Crippen LogP contribution in [0.5, 0.6) is 0 Å². The molecule has 1 fully saturated rings. The second kappa shape index (κ2) is 8.48. The lowest BCUT2D eigenvalue weighted by molar-refractivity contribution is -0.121. The predicted molar refractivity (Wildman–Crippen MR) is 92.9 cm³/mol. The molecule has 0 aliphatic heterocycles. The Hall–Kier alpha value is -1.36. The number of carbonyl (C=O) groups is 1. The topological polar surface area (TPSA) is 63.2 Å². The highest BCUT2D eigenvalue weighted by molar-refractivity contribution is 7.90. The minimum absolute atomic E-state index is 0.00396. The molecule has 1 aliphatic rings. The van der Waals surface area contributed by atoms with Crippen molar-refractivity contribution in [1.82, 2.24) is 5.32 Å². The smallest absolute Gasteiger partial charge is 0.221 e. The molecule has 0 bridgehead atoms. The highest BCUT2D eigenvalue weighted by Crippen LogP contribution is 2.17. The maximum atomic E-state index is 12.2. The van der Waals surface area contributed by atoms with E-state index in [4.69, 9.17) is 0 Å². The fraction of sp³-hybridized carbons (Fsp3) is 0.611. The van der Waals surface area contributed by atoms with Crippen molar-refractivity contribution in [3.8, 4) is 0 Å². The van der Waals surface area contributed by atoms with Crippen molar-refractivity contribution < 1.29 is 13.2 Å². The van der Waals surface area contributed by atoms with Crippen molar-refractivity contribution in [1.29, 1.82) is 0 Å². The Morgan fingerprint density at radius 2 is 1.70 bits per heavy atom. The molecule has 1 saturated carbocycles. The normalized spacial score (nSPS) is 16.7. The zero-order chi connectivity index (χ0) is 16.7. The van der Waals surface area contributed by atoms with Crippen LogP contribution in [0.25, 0.3) is 0 Å². The molecule has 23 heavy (non-hydrogen) atoms. The molecule has 1 aliphatic carbocycles. The van der Waals surface area contributed by atoms with Crippen molar-refractivity contribution >= 4 is 15.7 Å². The zero-order valence-electron chi connectivity index (χ0n) is 13.9. The molecule has 0 aromatic heterocycles. The molecule has 0 unspecified atom stereocenters. The van der Waals surface area contributed by atoms with E-state index in [2.05, 4.69) is 5.32 Å². The summed E-state index contributed by atoms with van der Waals surface area (Å²) >= 11 is 0. The average Bonchev–Trinajstić information content (AvgIpc) is 2.76. The maximum Gasteiger partial charge on any atom is 0.221 e. The molecule has 128 valence electrons. The summed E-state index contributed by atoms with van der Waals surface area (Å²) in [6.45, 7) is 1.97. The van der Waals surface area contributed by atoms with E-state index < -0.39 is 9.84 Å². The molecule has 2 rings (SSSR count). The number of amides is 1. The second-order valence-corrected chi connectivity index (χ2v) is 8.77. The van der Waals surface area contributed by atoms with E-state index in [0.29, 0.717) is 0 Å². The Kier molecular flexibility index (Phi) is 6.63. The Morgan fingerprint density at radius 1 is 1.09 bits per heavy atom. The van der Waals surface area contributed by atoms with Crippen molar-refractivity contribution in [2.45, 2.75) is 63.7 Å². The molecule has 1 amide bonds. The van der Waals surface area contributed by atoms with Gasteiger partial charge in [-0.15, -0.1) is 0 Å². The van der Waals surface area contributed by atoms with Crippen molar-refractivity contribution in [2.75, 3.05) is 5.75 Å². The van der Waals surface area contributed by atoms with Crippen molar-refractivity contribution in [3.63, 3.8) is 0 Å².